The summed E-state index contributed by atoms with van der Waals surface area (Å²) in [6.45, 7) is 2.20. The molecule has 0 aliphatic heterocycles. The SMILES string of the molecule is CC1CC(C#N)(c2ccc(Br)cc2)C1. The van der Waals surface area contributed by atoms with Crippen LogP contribution in [0.1, 0.15) is 25.3 Å². The molecule has 1 aliphatic rings. The molecule has 14 heavy (non-hydrogen) atoms. The number of nitriles is 1. The summed E-state index contributed by atoms with van der Waals surface area (Å²) in [5.41, 5.74) is 0.974. The minimum atomic E-state index is -0.194. The van der Waals surface area contributed by atoms with E-state index in [2.05, 4.69) is 41.1 Å². The molecule has 0 saturated heterocycles. The monoisotopic (exact) mass is 249 g/mol. The number of halogens is 1. The summed E-state index contributed by atoms with van der Waals surface area (Å²) in [6.07, 6.45) is 2.01. The van der Waals surface area contributed by atoms with Crippen LogP contribution in [0.5, 0.6) is 0 Å². The predicted molar refractivity (Wildman–Crippen MR) is 59.8 cm³/mol. The number of nitrogens with zero attached hydrogens (tertiary/aromatic N) is 1. The van der Waals surface area contributed by atoms with Gasteiger partial charge in [0.1, 0.15) is 0 Å². The molecule has 0 spiro atoms. The minimum Gasteiger partial charge on any atom is -0.197 e. The van der Waals surface area contributed by atoms with Crippen molar-refractivity contribution in [1.82, 2.24) is 0 Å². The van der Waals surface area contributed by atoms with E-state index in [-0.39, 0.29) is 5.41 Å². The normalized spacial score (nSPS) is 30.5. The van der Waals surface area contributed by atoms with E-state index in [4.69, 9.17) is 0 Å². The minimum absolute atomic E-state index is 0.194. The molecule has 0 atom stereocenters. The second kappa shape index (κ2) is 3.40. The van der Waals surface area contributed by atoms with Crippen LogP contribution in [0.15, 0.2) is 28.7 Å². The van der Waals surface area contributed by atoms with E-state index in [1.807, 2.05) is 12.1 Å². The fourth-order valence-corrected chi connectivity index (χ4v) is 2.55. The van der Waals surface area contributed by atoms with E-state index in [1.165, 1.54) is 5.56 Å². The fourth-order valence-electron chi connectivity index (χ4n) is 2.29. The highest BCUT2D eigenvalue weighted by atomic mass is 79.9. The third-order valence-corrected chi connectivity index (χ3v) is 3.53. The lowest BCUT2D eigenvalue weighted by Crippen LogP contribution is -2.38. The molecule has 0 amide bonds. The largest absolute Gasteiger partial charge is 0.197 e. The van der Waals surface area contributed by atoms with Crippen LogP contribution in [0.4, 0.5) is 0 Å². The van der Waals surface area contributed by atoms with Gasteiger partial charge in [-0.3, -0.25) is 0 Å². The van der Waals surface area contributed by atoms with Crippen LogP contribution in [0.25, 0.3) is 0 Å². The lowest BCUT2D eigenvalue weighted by atomic mass is 9.60. The summed E-state index contributed by atoms with van der Waals surface area (Å²) in [5, 5.41) is 9.22. The second-order valence-electron chi connectivity index (χ2n) is 4.21. The molecule has 1 aromatic rings. The van der Waals surface area contributed by atoms with Gasteiger partial charge in [-0.25, -0.2) is 0 Å². The van der Waals surface area contributed by atoms with Gasteiger partial charge in [0, 0.05) is 4.47 Å². The molecule has 0 heterocycles. The van der Waals surface area contributed by atoms with E-state index in [1.54, 1.807) is 0 Å². The average molecular weight is 250 g/mol. The third kappa shape index (κ3) is 1.46. The topological polar surface area (TPSA) is 23.8 Å². The van der Waals surface area contributed by atoms with Gasteiger partial charge in [-0.2, -0.15) is 5.26 Å². The molecule has 1 fully saturated rings. The Morgan fingerprint density at radius 1 is 1.36 bits per heavy atom. The Morgan fingerprint density at radius 3 is 2.36 bits per heavy atom. The standard InChI is InChI=1S/C12H12BrN/c1-9-6-12(7-9,8-14)10-2-4-11(13)5-3-10/h2-5,9H,6-7H2,1H3. The smallest absolute Gasteiger partial charge is 0.0827 e. The average Bonchev–Trinajstić information content (AvgIpc) is 2.14. The zero-order valence-electron chi connectivity index (χ0n) is 8.13. The van der Waals surface area contributed by atoms with Crippen LogP contribution in [-0.2, 0) is 5.41 Å². The van der Waals surface area contributed by atoms with Crippen molar-refractivity contribution in [1.29, 1.82) is 5.26 Å². The summed E-state index contributed by atoms with van der Waals surface area (Å²) < 4.78 is 1.07. The van der Waals surface area contributed by atoms with Crippen molar-refractivity contribution < 1.29 is 0 Å². The van der Waals surface area contributed by atoms with Crippen molar-refractivity contribution >= 4 is 15.9 Å². The molecule has 0 radical (unpaired) electrons. The van der Waals surface area contributed by atoms with Crippen LogP contribution in [0, 0.1) is 17.2 Å². The maximum atomic E-state index is 9.22. The van der Waals surface area contributed by atoms with Gasteiger partial charge in [0.15, 0.2) is 0 Å². The molecule has 72 valence electrons. The van der Waals surface area contributed by atoms with E-state index in [0.717, 1.165) is 17.3 Å². The first-order valence-corrected chi connectivity index (χ1v) is 5.63. The van der Waals surface area contributed by atoms with Gasteiger partial charge in [0.2, 0.25) is 0 Å². The molecule has 0 N–H and O–H groups in total. The van der Waals surface area contributed by atoms with Crippen LogP contribution in [0.2, 0.25) is 0 Å². The number of hydrogen-bond acceptors (Lipinski definition) is 1. The Kier molecular flexibility index (Phi) is 2.36. The molecule has 0 unspecified atom stereocenters. The maximum Gasteiger partial charge on any atom is 0.0827 e. The summed E-state index contributed by atoms with van der Waals surface area (Å²) in [4.78, 5) is 0. The van der Waals surface area contributed by atoms with Crippen LogP contribution in [0.3, 0.4) is 0 Å². The van der Waals surface area contributed by atoms with E-state index >= 15 is 0 Å². The van der Waals surface area contributed by atoms with Gasteiger partial charge in [0.05, 0.1) is 11.5 Å². The fraction of sp³-hybridized carbons (Fsp3) is 0.417. The number of benzene rings is 1. The first kappa shape index (κ1) is 9.73. The Balaban J connectivity index is 2.31. The Bertz CT molecular complexity index is 368. The quantitative estimate of drug-likeness (QED) is 0.746. The Hall–Kier alpha value is -0.810. The maximum absolute atomic E-state index is 9.22. The zero-order chi connectivity index (χ0) is 10.2. The zero-order valence-corrected chi connectivity index (χ0v) is 9.71. The molecule has 1 aromatic carbocycles. The third-order valence-electron chi connectivity index (χ3n) is 3.00. The van der Waals surface area contributed by atoms with Crippen molar-refractivity contribution in [2.45, 2.75) is 25.2 Å². The van der Waals surface area contributed by atoms with E-state index in [9.17, 15) is 5.26 Å². The predicted octanol–water partition coefficient (Wildman–Crippen LogP) is 3.64. The van der Waals surface area contributed by atoms with Crippen molar-refractivity contribution in [2.75, 3.05) is 0 Å². The van der Waals surface area contributed by atoms with E-state index < -0.39 is 0 Å². The van der Waals surface area contributed by atoms with Crippen molar-refractivity contribution in [3.63, 3.8) is 0 Å². The molecule has 0 bridgehead atoms. The molecular formula is C12H12BrN. The van der Waals surface area contributed by atoms with Gasteiger partial charge in [-0.15, -0.1) is 0 Å². The Morgan fingerprint density at radius 2 is 1.93 bits per heavy atom. The number of rotatable bonds is 1. The van der Waals surface area contributed by atoms with Gasteiger partial charge < -0.3 is 0 Å². The lowest BCUT2D eigenvalue weighted by Gasteiger charge is -2.41. The van der Waals surface area contributed by atoms with Crippen molar-refractivity contribution in [2.24, 2.45) is 5.92 Å². The second-order valence-corrected chi connectivity index (χ2v) is 5.13. The molecule has 1 nitrogen and oxygen atoms in total. The highest BCUT2D eigenvalue weighted by Gasteiger charge is 2.43. The van der Waals surface area contributed by atoms with Crippen molar-refractivity contribution in [3.05, 3.63) is 34.3 Å². The highest BCUT2D eigenvalue weighted by molar-refractivity contribution is 9.10. The van der Waals surface area contributed by atoms with Crippen LogP contribution < -0.4 is 0 Å². The summed E-state index contributed by atoms with van der Waals surface area (Å²) >= 11 is 3.40. The van der Waals surface area contributed by atoms with Crippen LogP contribution in [-0.4, -0.2) is 0 Å². The molecule has 1 saturated carbocycles. The van der Waals surface area contributed by atoms with Gasteiger partial charge in [-0.05, 0) is 36.5 Å². The van der Waals surface area contributed by atoms with Gasteiger partial charge in [-0.1, -0.05) is 35.0 Å². The van der Waals surface area contributed by atoms with Gasteiger partial charge in [0.25, 0.3) is 0 Å². The first-order valence-electron chi connectivity index (χ1n) is 4.83. The molecular weight excluding hydrogens is 238 g/mol. The van der Waals surface area contributed by atoms with E-state index in [0.29, 0.717) is 5.92 Å². The van der Waals surface area contributed by atoms with Gasteiger partial charge >= 0.3 is 0 Å². The first-order chi connectivity index (χ1) is 6.66. The molecule has 2 rings (SSSR count). The summed E-state index contributed by atoms with van der Waals surface area (Å²) in [6, 6.07) is 10.6. The molecule has 1 aliphatic carbocycles. The lowest BCUT2D eigenvalue weighted by molar-refractivity contribution is 0.217. The highest BCUT2D eigenvalue weighted by Crippen LogP contribution is 2.47. The Labute approximate surface area is 92.9 Å². The molecule has 0 aromatic heterocycles. The molecule has 2 heteroatoms. The van der Waals surface area contributed by atoms with Crippen molar-refractivity contribution in [3.8, 4) is 6.07 Å². The summed E-state index contributed by atoms with van der Waals surface area (Å²) in [5.74, 6) is 0.693. The van der Waals surface area contributed by atoms with Crippen LogP contribution >= 0.6 is 15.9 Å². The summed E-state index contributed by atoms with van der Waals surface area (Å²) in [7, 11) is 0. The number of hydrogen-bond donors (Lipinski definition) is 0.